The Balaban J connectivity index is 1.81. The van der Waals surface area contributed by atoms with Crippen LogP contribution >= 0.6 is 0 Å². The highest BCUT2D eigenvalue weighted by Crippen LogP contribution is 2.32. The number of carbonyl (C=O) groups excluding carboxylic acids is 3. The largest absolute Gasteiger partial charge is 0.449 e. The van der Waals surface area contributed by atoms with Gasteiger partial charge in [-0.05, 0) is 71.2 Å². The number of guanidine groups is 1. The molecule has 0 radical (unpaired) electrons. The van der Waals surface area contributed by atoms with Gasteiger partial charge in [-0.2, -0.15) is 0 Å². The van der Waals surface area contributed by atoms with E-state index in [0.717, 1.165) is 45.2 Å². The zero-order valence-electron chi connectivity index (χ0n) is 27.4. The molecule has 0 spiro atoms. The Kier molecular flexibility index (Phi) is 14.1. The topological polar surface area (TPSA) is 125 Å². The fourth-order valence-corrected chi connectivity index (χ4v) is 5.84. The van der Waals surface area contributed by atoms with Gasteiger partial charge in [-0.25, -0.2) is 9.79 Å². The minimum atomic E-state index is -0.792. The number of amides is 2. The molecule has 3 aliphatic rings. The number of likely N-dealkylation sites (tertiary alicyclic amines) is 1. The maximum atomic E-state index is 13.9. The third-order valence-corrected chi connectivity index (χ3v) is 9.41. The van der Waals surface area contributed by atoms with Gasteiger partial charge in [0.1, 0.15) is 12.6 Å². The van der Waals surface area contributed by atoms with Crippen LogP contribution in [0.25, 0.3) is 0 Å². The lowest BCUT2D eigenvalue weighted by Gasteiger charge is -2.34. The first-order chi connectivity index (χ1) is 20.5. The van der Waals surface area contributed by atoms with Gasteiger partial charge in [0, 0.05) is 25.6 Å². The summed E-state index contributed by atoms with van der Waals surface area (Å²) in [5.41, 5.74) is 0.0511. The van der Waals surface area contributed by atoms with Crippen molar-refractivity contribution in [3.63, 3.8) is 0 Å². The normalized spacial score (nSPS) is 23.7. The summed E-state index contributed by atoms with van der Waals surface area (Å²) in [6.07, 6.45) is 4.63. The van der Waals surface area contributed by atoms with Gasteiger partial charge in [0.15, 0.2) is 5.78 Å². The molecule has 0 bridgehead atoms. The number of morpholine rings is 1. The first-order valence-corrected chi connectivity index (χ1v) is 16.1. The number of nitrogens with zero attached hydrogens (tertiary/aromatic N) is 4. The van der Waals surface area contributed by atoms with E-state index in [9.17, 15) is 14.4 Å². The van der Waals surface area contributed by atoms with Crippen LogP contribution in [-0.4, -0.2) is 137 Å². The smallest absolute Gasteiger partial charge is 0.413 e. The molecule has 0 aromatic rings. The number of hydrogen-bond acceptors (Lipinski definition) is 9. The Morgan fingerprint density at radius 3 is 2.42 bits per heavy atom. The number of Topliss-reactive ketones (excluding diaryl/α,β-unsaturated/α-hetero) is 1. The number of rotatable bonds is 12. The Labute approximate surface area is 258 Å². The van der Waals surface area contributed by atoms with Crippen molar-refractivity contribution >= 4 is 23.7 Å². The third-order valence-electron chi connectivity index (χ3n) is 9.41. The summed E-state index contributed by atoms with van der Waals surface area (Å²) < 4.78 is 16.7. The molecule has 3 heterocycles. The summed E-state index contributed by atoms with van der Waals surface area (Å²) in [6, 6.07) is -1.44. The van der Waals surface area contributed by atoms with Crippen molar-refractivity contribution in [1.29, 1.82) is 0 Å². The van der Waals surface area contributed by atoms with Crippen LogP contribution in [0.3, 0.4) is 0 Å². The van der Waals surface area contributed by atoms with E-state index in [1.165, 1.54) is 0 Å². The van der Waals surface area contributed by atoms with Gasteiger partial charge < -0.3 is 34.2 Å². The summed E-state index contributed by atoms with van der Waals surface area (Å²) in [6.45, 7) is 11.9. The van der Waals surface area contributed by atoms with E-state index in [4.69, 9.17) is 19.2 Å². The number of carbonyl (C=O) groups is 3. The molecule has 0 aliphatic carbocycles. The molecule has 3 saturated heterocycles. The molecular formula is C31H56N6O6. The number of hydrogen-bond donors (Lipinski definition) is 2. The average Bonchev–Trinajstić information content (AvgIpc) is 3.00. The fourth-order valence-electron chi connectivity index (χ4n) is 5.84. The summed E-state index contributed by atoms with van der Waals surface area (Å²) >= 11 is 0. The second-order valence-corrected chi connectivity index (χ2v) is 13.1. The molecule has 0 aromatic carbocycles. The number of aliphatic imine (C=N–C) groups is 1. The number of nitrogens with one attached hydrogen (secondary N) is 2. The number of ketones is 1. The van der Waals surface area contributed by atoms with E-state index < -0.39 is 18.2 Å². The van der Waals surface area contributed by atoms with Gasteiger partial charge in [-0.3, -0.25) is 14.9 Å². The van der Waals surface area contributed by atoms with Gasteiger partial charge in [0.2, 0.25) is 11.9 Å². The van der Waals surface area contributed by atoms with E-state index in [2.05, 4.69) is 43.4 Å². The van der Waals surface area contributed by atoms with Crippen molar-refractivity contribution in [2.45, 2.75) is 71.4 Å². The van der Waals surface area contributed by atoms with Crippen LogP contribution in [0.5, 0.6) is 0 Å². The Hall–Kier alpha value is -2.28. The summed E-state index contributed by atoms with van der Waals surface area (Å²) in [5, 5.41) is 5.90. The maximum absolute atomic E-state index is 13.9. The Morgan fingerprint density at radius 1 is 1.12 bits per heavy atom. The minimum absolute atomic E-state index is 0.0176. The molecule has 2 N–H and O–H groups in total. The molecule has 12 nitrogen and oxygen atoms in total. The second kappa shape index (κ2) is 17.3. The zero-order chi connectivity index (χ0) is 31.4. The number of alkyl carbamates (subject to hydrolysis) is 1. The second-order valence-electron chi connectivity index (χ2n) is 13.1. The van der Waals surface area contributed by atoms with Gasteiger partial charge in [-0.1, -0.05) is 33.6 Å². The molecule has 3 fully saturated rings. The quantitative estimate of drug-likeness (QED) is 0.253. The highest BCUT2D eigenvalue weighted by molar-refractivity contribution is 5.97. The van der Waals surface area contributed by atoms with Crippen molar-refractivity contribution in [3.8, 4) is 0 Å². The molecule has 43 heavy (non-hydrogen) atoms. The monoisotopic (exact) mass is 608 g/mol. The fraction of sp³-hybridized carbons (Fsp3) is 0.871. The third kappa shape index (κ3) is 11.3. The number of ether oxygens (including phenoxy) is 3. The van der Waals surface area contributed by atoms with E-state index >= 15 is 0 Å². The lowest BCUT2D eigenvalue weighted by atomic mass is 9.79. The molecule has 3 rings (SSSR count). The van der Waals surface area contributed by atoms with Crippen LogP contribution in [0.2, 0.25) is 0 Å². The Morgan fingerprint density at radius 2 is 1.79 bits per heavy atom. The van der Waals surface area contributed by atoms with Crippen LogP contribution in [0.15, 0.2) is 4.99 Å². The molecule has 3 unspecified atom stereocenters. The van der Waals surface area contributed by atoms with Crippen LogP contribution in [0.4, 0.5) is 4.79 Å². The summed E-state index contributed by atoms with van der Waals surface area (Å²) in [7, 11) is 5.98. The van der Waals surface area contributed by atoms with E-state index in [1.54, 1.807) is 0 Å². The average molecular weight is 609 g/mol. The molecule has 12 heteroatoms. The summed E-state index contributed by atoms with van der Waals surface area (Å²) in [5.74, 6) is 0.0375. The maximum Gasteiger partial charge on any atom is 0.413 e. The van der Waals surface area contributed by atoms with Crippen molar-refractivity contribution in [2.75, 3.05) is 86.9 Å². The highest BCUT2D eigenvalue weighted by atomic mass is 16.5. The minimum Gasteiger partial charge on any atom is -0.449 e. The van der Waals surface area contributed by atoms with Gasteiger partial charge in [0.25, 0.3) is 0 Å². The van der Waals surface area contributed by atoms with Gasteiger partial charge in [0.05, 0.1) is 32.5 Å². The predicted octanol–water partition coefficient (Wildman–Crippen LogP) is 1.98. The lowest BCUT2D eigenvalue weighted by Crippen LogP contribution is -2.56. The molecule has 0 saturated carbocycles. The van der Waals surface area contributed by atoms with Gasteiger partial charge >= 0.3 is 6.09 Å². The molecule has 0 aromatic heterocycles. The van der Waals surface area contributed by atoms with E-state index in [0.29, 0.717) is 64.4 Å². The highest BCUT2D eigenvalue weighted by Gasteiger charge is 2.36. The predicted molar refractivity (Wildman–Crippen MR) is 166 cm³/mol. The Bertz CT molecular complexity index is 928. The van der Waals surface area contributed by atoms with Gasteiger partial charge in [-0.15, -0.1) is 0 Å². The van der Waals surface area contributed by atoms with Crippen LogP contribution in [0, 0.1) is 17.3 Å². The molecule has 3 atom stereocenters. The molecule has 3 aliphatic heterocycles. The first kappa shape index (κ1) is 35.2. The molecular weight excluding hydrogens is 552 g/mol. The SMILES string of the molecule is CCC(C)(CC)CCC(N=C(NC(=O)OCC1CCN(C)CC1)N1CCOCC1)C(=O)NC1C(=O)COCC1CN(C)C. The standard InChI is InChI=1S/C31H56N6O6/c1-7-31(3,8-2)12-9-25(28(39)33-27-24(19-35(4)5)21-42-22-26(27)38)32-29(37-15-17-41-18-16-37)34-30(40)43-20-23-10-13-36(6)14-11-23/h23-25,27H,7-22H2,1-6H3,(H,33,39)(H,32,34,40). The van der Waals surface area contributed by atoms with Crippen molar-refractivity contribution in [3.05, 3.63) is 0 Å². The lowest BCUT2D eigenvalue weighted by molar-refractivity contribution is -0.138. The number of piperidine rings is 1. The van der Waals surface area contributed by atoms with E-state index in [1.807, 2.05) is 23.9 Å². The van der Waals surface area contributed by atoms with E-state index in [-0.39, 0.29) is 29.6 Å². The van der Waals surface area contributed by atoms with Crippen molar-refractivity contribution in [2.24, 2.45) is 22.2 Å². The van der Waals surface area contributed by atoms with Crippen molar-refractivity contribution in [1.82, 2.24) is 25.3 Å². The molecule has 2 amide bonds. The summed E-state index contributed by atoms with van der Waals surface area (Å²) in [4.78, 5) is 51.0. The molecule has 246 valence electrons. The van der Waals surface area contributed by atoms with Crippen LogP contribution in [0.1, 0.15) is 59.3 Å². The first-order valence-electron chi connectivity index (χ1n) is 16.1. The zero-order valence-corrected chi connectivity index (χ0v) is 27.4. The van der Waals surface area contributed by atoms with Crippen LogP contribution in [-0.2, 0) is 23.8 Å². The van der Waals surface area contributed by atoms with Crippen molar-refractivity contribution < 1.29 is 28.6 Å². The van der Waals surface area contributed by atoms with Crippen LogP contribution < -0.4 is 10.6 Å².